The van der Waals surface area contributed by atoms with E-state index in [1.54, 1.807) is 0 Å². The number of aliphatic hydroxyl groups is 1. The van der Waals surface area contributed by atoms with Crippen LogP contribution in [0.15, 0.2) is 95.4 Å². The van der Waals surface area contributed by atoms with Crippen molar-refractivity contribution < 1.29 is 34.3 Å². The van der Waals surface area contributed by atoms with Gasteiger partial charge in [-0.1, -0.05) is 102 Å². The molecule has 0 aromatic heterocycles. The predicted molar refractivity (Wildman–Crippen MR) is 231 cm³/mol. The van der Waals surface area contributed by atoms with Gasteiger partial charge < -0.3 is 20.2 Å². The Labute approximate surface area is 343 Å². The fraction of sp³-hybridized carbons (Fsp3) is 0.400. The number of ketones is 1. The topological polar surface area (TPSA) is 118 Å². The third-order valence-electron chi connectivity index (χ3n) is 12.1. The molecule has 8 nitrogen and oxygen atoms in total. The number of benzene rings is 3. The molecule has 8 heteroatoms. The molecule has 2 heterocycles. The number of rotatable bonds is 16. The van der Waals surface area contributed by atoms with E-state index in [-0.39, 0.29) is 28.1 Å². The molecule has 58 heavy (non-hydrogen) atoms. The molecule has 0 saturated heterocycles. The Kier molecular flexibility index (Phi) is 12.6. The summed E-state index contributed by atoms with van der Waals surface area (Å²) in [6.45, 7) is 14.4. The summed E-state index contributed by atoms with van der Waals surface area (Å²) in [5.74, 6) is 3.37. The normalized spacial score (nSPS) is 17.7. The number of nitrogens with zero attached hydrogens (tertiary/aromatic N) is 2. The van der Waals surface area contributed by atoms with Crippen LogP contribution in [0.3, 0.4) is 0 Å². The van der Waals surface area contributed by atoms with E-state index < -0.39 is 17.4 Å². The van der Waals surface area contributed by atoms with Crippen molar-refractivity contribution in [2.45, 2.75) is 117 Å². The van der Waals surface area contributed by atoms with Crippen molar-refractivity contribution in [2.75, 3.05) is 18.0 Å². The molecular formula is C50H57N2O6+. The van der Waals surface area contributed by atoms with Crippen LogP contribution in [0.4, 0.5) is 11.4 Å². The molecule has 1 aliphatic carbocycles. The maximum Gasteiger partial charge on any atom is 0.336 e. The first-order chi connectivity index (χ1) is 27.7. The number of carbonyl (C=O) groups excluding carboxylic acids is 1. The third-order valence-corrected chi connectivity index (χ3v) is 12.1. The third kappa shape index (κ3) is 8.18. The number of carboxylic acids is 2. The highest BCUT2D eigenvalue weighted by Gasteiger charge is 2.47. The van der Waals surface area contributed by atoms with Gasteiger partial charge >= 0.3 is 11.9 Å². The number of fused-ring (bicyclic) bond motifs is 2. The smallest absolute Gasteiger partial charge is 0.336 e. The van der Waals surface area contributed by atoms with E-state index in [0.717, 1.165) is 59.8 Å². The highest BCUT2D eigenvalue weighted by atomic mass is 16.4. The summed E-state index contributed by atoms with van der Waals surface area (Å²) in [7, 11) is 0. The van der Waals surface area contributed by atoms with E-state index in [1.165, 1.54) is 75.1 Å². The van der Waals surface area contributed by atoms with Crippen molar-refractivity contribution in [2.24, 2.45) is 0 Å². The van der Waals surface area contributed by atoms with Crippen LogP contribution < -0.4 is 4.90 Å². The van der Waals surface area contributed by atoms with Crippen LogP contribution in [0, 0.1) is 11.8 Å². The van der Waals surface area contributed by atoms with Gasteiger partial charge in [-0.15, -0.1) is 0 Å². The average molecular weight is 782 g/mol. The maximum absolute atomic E-state index is 14.0. The summed E-state index contributed by atoms with van der Waals surface area (Å²) in [4.78, 5) is 39.5. The van der Waals surface area contributed by atoms with E-state index in [0.29, 0.717) is 16.7 Å². The van der Waals surface area contributed by atoms with Gasteiger partial charge in [-0.2, -0.15) is 4.58 Å². The quantitative estimate of drug-likeness (QED) is 0.0573. The molecule has 3 aromatic rings. The van der Waals surface area contributed by atoms with Crippen molar-refractivity contribution in [3.8, 4) is 11.8 Å². The second kappa shape index (κ2) is 17.4. The van der Waals surface area contributed by atoms with Gasteiger partial charge in [0.05, 0.1) is 27.7 Å². The summed E-state index contributed by atoms with van der Waals surface area (Å²) in [6.07, 6.45) is 16.0. The van der Waals surface area contributed by atoms with Crippen LogP contribution in [0.1, 0.15) is 149 Å². The van der Waals surface area contributed by atoms with Gasteiger partial charge in [0.25, 0.3) is 0 Å². The largest absolute Gasteiger partial charge is 0.506 e. The van der Waals surface area contributed by atoms with Gasteiger partial charge in [0.1, 0.15) is 12.3 Å². The zero-order valence-corrected chi connectivity index (χ0v) is 34.9. The van der Waals surface area contributed by atoms with Crippen LogP contribution in [0.5, 0.6) is 0 Å². The van der Waals surface area contributed by atoms with Crippen molar-refractivity contribution in [1.82, 2.24) is 0 Å². The summed E-state index contributed by atoms with van der Waals surface area (Å²) in [6, 6.07) is 18.4. The first-order valence-corrected chi connectivity index (χ1v) is 20.9. The molecule has 2 aliphatic heterocycles. The highest BCUT2D eigenvalue weighted by molar-refractivity contribution is 6.24. The number of para-hydroxylation sites is 1. The zero-order valence-electron chi connectivity index (χ0n) is 34.9. The minimum absolute atomic E-state index is 0.0136. The summed E-state index contributed by atoms with van der Waals surface area (Å²) >= 11 is 0. The lowest BCUT2D eigenvalue weighted by Gasteiger charge is -2.28. The molecule has 3 N–H and O–H groups in total. The number of carboxylic acid groups (broad SMARTS) is 2. The van der Waals surface area contributed by atoms with Gasteiger partial charge in [0, 0.05) is 58.6 Å². The molecule has 0 atom stereocenters. The molecule has 0 saturated carbocycles. The van der Waals surface area contributed by atoms with Gasteiger partial charge in [-0.05, 0) is 75.2 Å². The van der Waals surface area contributed by atoms with E-state index in [9.17, 15) is 29.7 Å². The molecule has 0 unspecified atom stereocenters. The first-order valence-electron chi connectivity index (χ1n) is 20.9. The van der Waals surface area contributed by atoms with E-state index in [1.807, 2.05) is 42.5 Å². The predicted octanol–water partition coefficient (Wildman–Crippen LogP) is 10.8. The number of Topliss-reactive ketones (excluding diaryl/α,β-unsaturated/α-hetero) is 1. The number of hydrogen-bond donors (Lipinski definition) is 3. The standard InChI is InChI=1S/C50H56N2O6/c1-7-9-10-11-12-13-14-15-16-19-28-52-42-27-25-34(23-22-33-24-26-35(47(55)56)36(29-33)48(57)58)30-40(42)50(5,6)44(52)32-38-45(53)37(46(38)54)31-43-49(3,4)39-20-17-18-21-41(39)51(43)8-2/h17-18,20-21,24-27,29-32H,7-16,19,28H2,1-6H3,(H2-,53,54,55,56,57,58)/p+1. The van der Waals surface area contributed by atoms with E-state index in [2.05, 4.69) is 75.0 Å². The first kappa shape index (κ1) is 41.9. The molecule has 3 aliphatic rings. The number of unbranched alkanes of at least 4 members (excludes halogenated alkanes) is 9. The minimum Gasteiger partial charge on any atom is -0.506 e. The lowest BCUT2D eigenvalue weighted by atomic mass is 9.77. The second-order valence-electron chi connectivity index (χ2n) is 16.8. The number of hydrogen-bond acceptors (Lipinski definition) is 5. The average Bonchev–Trinajstić information content (AvgIpc) is 3.55. The fourth-order valence-electron chi connectivity index (χ4n) is 8.77. The van der Waals surface area contributed by atoms with Gasteiger partial charge in [-0.25, -0.2) is 9.59 Å². The number of carbonyl (C=O) groups is 3. The van der Waals surface area contributed by atoms with Crippen molar-refractivity contribution in [3.05, 3.63) is 129 Å². The number of anilines is 1. The molecular weight excluding hydrogens is 725 g/mol. The second-order valence-corrected chi connectivity index (χ2v) is 16.8. The van der Waals surface area contributed by atoms with Gasteiger partial charge in [-0.3, -0.25) is 4.79 Å². The molecule has 302 valence electrons. The number of aromatic carboxylic acids is 2. The molecule has 3 aromatic carbocycles. The van der Waals surface area contributed by atoms with Crippen molar-refractivity contribution >= 4 is 34.8 Å². The monoisotopic (exact) mass is 781 g/mol. The van der Waals surface area contributed by atoms with Crippen LogP contribution in [0.2, 0.25) is 0 Å². The van der Waals surface area contributed by atoms with Crippen molar-refractivity contribution in [1.29, 1.82) is 0 Å². The molecule has 0 amide bonds. The van der Waals surface area contributed by atoms with Crippen molar-refractivity contribution in [3.63, 3.8) is 0 Å². The Morgan fingerprint density at radius 1 is 0.724 bits per heavy atom. The molecule has 0 spiro atoms. The van der Waals surface area contributed by atoms with Gasteiger partial charge in [0.2, 0.25) is 11.5 Å². The Morgan fingerprint density at radius 2 is 1.33 bits per heavy atom. The zero-order chi connectivity index (χ0) is 41.8. The Morgan fingerprint density at radius 3 is 1.95 bits per heavy atom. The Hall–Kier alpha value is -5.68. The van der Waals surface area contributed by atoms with E-state index >= 15 is 0 Å². The number of likely N-dealkylation sites (N-methyl/N-ethyl adjacent to an activating group) is 1. The Balaban J connectivity index is 1.30. The lowest BCUT2D eigenvalue weighted by Crippen LogP contribution is -2.32. The SMILES string of the molecule is CCCCCCCCCCCC[N+]1=C(/C=C2/C(=O)C(/C=C3\N(CC)c4ccccc4C3(C)C)=C2O)C(C)(C)c2cc(C#Cc3ccc(C(=O)O)c(C(=O)O)c3)ccc21. The highest BCUT2D eigenvalue weighted by Crippen LogP contribution is 2.49. The van der Waals surface area contributed by atoms with Gasteiger partial charge in [0.15, 0.2) is 5.71 Å². The van der Waals surface area contributed by atoms with Crippen LogP contribution >= 0.6 is 0 Å². The molecule has 0 radical (unpaired) electrons. The number of aliphatic hydroxyl groups excluding tert-OH is 1. The van der Waals surface area contributed by atoms with Crippen LogP contribution in [0.25, 0.3) is 0 Å². The summed E-state index contributed by atoms with van der Waals surface area (Å²) < 4.78 is 2.29. The summed E-state index contributed by atoms with van der Waals surface area (Å²) in [5.41, 5.74) is 6.57. The maximum atomic E-state index is 14.0. The fourth-order valence-corrected chi connectivity index (χ4v) is 8.77. The van der Waals surface area contributed by atoms with Crippen LogP contribution in [-0.4, -0.2) is 56.4 Å². The van der Waals surface area contributed by atoms with E-state index in [4.69, 9.17) is 0 Å². The number of allylic oxidation sites excluding steroid dienone is 5. The Bertz CT molecular complexity index is 2330. The molecule has 0 fully saturated rings. The molecule has 6 rings (SSSR count). The molecule has 0 bridgehead atoms. The summed E-state index contributed by atoms with van der Waals surface area (Å²) in [5, 5.41) is 30.6. The van der Waals surface area contributed by atoms with Crippen LogP contribution in [-0.2, 0) is 15.6 Å². The lowest BCUT2D eigenvalue weighted by molar-refractivity contribution is -0.438. The minimum atomic E-state index is -1.33.